The Morgan fingerprint density at radius 2 is 2.17 bits per heavy atom. The maximum absolute atomic E-state index is 12.8. The number of rotatable bonds is 3. The lowest BCUT2D eigenvalue weighted by Crippen LogP contribution is -2.22. The van der Waals surface area contributed by atoms with Gasteiger partial charge in [-0.25, -0.2) is 14.3 Å². The number of ether oxygens (including phenoxy) is 1. The van der Waals surface area contributed by atoms with Crippen molar-refractivity contribution in [1.82, 2.24) is 19.6 Å². The van der Waals surface area contributed by atoms with E-state index < -0.39 is 5.97 Å². The van der Waals surface area contributed by atoms with E-state index in [4.69, 9.17) is 0 Å². The predicted molar refractivity (Wildman–Crippen MR) is 85.7 cm³/mol. The molecule has 3 heterocycles. The van der Waals surface area contributed by atoms with Crippen LogP contribution in [0.5, 0.6) is 0 Å². The summed E-state index contributed by atoms with van der Waals surface area (Å²) in [6.07, 6.45) is 3.03. The van der Waals surface area contributed by atoms with E-state index in [1.165, 1.54) is 17.8 Å². The third-order valence-corrected chi connectivity index (χ3v) is 3.76. The number of hydrogen-bond donors (Lipinski definition) is 2. The monoisotopic (exact) mass is 325 g/mol. The van der Waals surface area contributed by atoms with Gasteiger partial charge in [0, 0.05) is 23.5 Å². The smallest absolute Gasteiger partial charge is 0.354 e. The molecule has 0 saturated carbocycles. The van der Waals surface area contributed by atoms with Crippen molar-refractivity contribution in [2.24, 2.45) is 0 Å². The van der Waals surface area contributed by atoms with Crippen molar-refractivity contribution in [2.75, 3.05) is 7.11 Å². The van der Waals surface area contributed by atoms with Gasteiger partial charge >= 0.3 is 5.97 Å². The number of fused-ring (bicyclic) bond motifs is 1. The Balaban J connectivity index is 2.31. The zero-order chi connectivity index (χ0) is 17.4. The molecular weight excluding hydrogens is 310 g/mol. The highest BCUT2D eigenvalue weighted by Crippen LogP contribution is 2.26. The largest absolute Gasteiger partial charge is 0.464 e. The summed E-state index contributed by atoms with van der Waals surface area (Å²) in [5.74, 6) is -0.605. The third-order valence-electron chi connectivity index (χ3n) is 3.76. The average Bonchev–Trinajstić information content (AvgIpc) is 3.20. The highest BCUT2D eigenvalue weighted by atomic mass is 16.5. The fourth-order valence-electron chi connectivity index (χ4n) is 2.61. The molecule has 0 aromatic carbocycles. The van der Waals surface area contributed by atoms with Gasteiger partial charge in [-0.3, -0.25) is 9.89 Å². The molecule has 0 aliphatic heterocycles. The first kappa shape index (κ1) is 15.6. The molecule has 0 atom stereocenters. The van der Waals surface area contributed by atoms with E-state index >= 15 is 0 Å². The number of hydrogen-bond acceptors (Lipinski definition) is 5. The van der Waals surface area contributed by atoms with Crippen molar-refractivity contribution < 1.29 is 9.53 Å². The van der Waals surface area contributed by atoms with Gasteiger partial charge in [0.15, 0.2) is 5.65 Å². The van der Waals surface area contributed by atoms with Gasteiger partial charge in [0.05, 0.1) is 12.8 Å². The summed E-state index contributed by atoms with van der Waals surface area (Å²) in [7, 11) is 1.29. The van der Waals surface area contributed by atoms with Crippen LogP contribution in [-0.4, -0.2) is 32.7 Å². The lowest BCUT2D eigenvalue weighted by Gasteiger charge is -2.10. The second-order valence-electron chi connectivity index (χ2n) is 5.59. The first-order valence-corrected chi connectivity index (χ1v) is 7.29. The number of H-pyrrole nitrogens is 2. The molecule has 2 N–H and O–H groups in total. The second kappa shape index (κ2) is 5.70. The van der Waals surface area contributed by atoms with Crippen molar-refractivity contribution in [2.45, 2.75) is 19.8 Å². The van der Waals surface area contributed by atoms with E-state index in [-0.39, 0.29) is 28.4 Å². The van der Waals surface area contributed by atoms with Gasteiger partial charge in [-0.15, -0.1) is 0 Å². The van der Waals surface area contributed by atoms with Crippen LogP contribution in [0.1, 0.15) is 41.4 Å². The van der Waals surface area contributed by atoms with Crippen LogP contribution in [0, 0.1) is 11.3 Å². The molecule has 24 heavy (non-hydrogen) atoms. The number of aromatic nitrogens is 4. The lowest BCUT2D eigenvalue weighted by molar-refractivity contribution is 0.0595. The maximum atomic E-state index is 12.8. The number of nitrogens with zero attached hydrogens (tertiary/aromatic N) is 3. The van der Waals surface area contributed by atoms with Crippen molar-refractivity contribution in [3.05, 3.63) is 45.6 Å². The Morgan fingerprint density at radius 1 is 1.42 bits per heavy atom. The molecule has 0 aliphatic carbocycles. The van der Waals surface area contributed by atoms with Crippen LogP contribution in [0.2, 0.25) is 0 Å². The van der Waals surface area contributed by atoms with Crippen LogP contribution in [0.15, 0.2) is 23.3 Å². The first-order valence-electron chi connectivity index (χ1n) is 7.29. The molecule has 0 radical (unpaired) electrons. The molecule has 0 unspecified atom stereocenters. The van der Waals surface area contributed by atoms with Gasteiger partial charge in [-0.2, -0.15) is 5.26 Å². The van der Waals surface area contributed by atoms with Crippen LogP contribution >= 0.6 is 0 Å². The molecule has 0 fully saturated rings. The molecule has 0 bridgehead atoms. The van der Waals surface area contributed by atoms with Crippen LogP contribution in [0.25, 0.3) is 16.9 Å². The van der Waals surface area contributed by atoms with E-state index in [0.29, 0.717) is 16.8 Å². The molecule has 8 nitrogen and oxygen atoms in total. The number of carbonyl (C=O) groups excluding carboxylic acids is 1. The number of nitrogens with one attached hydrogen (secondary N) is 2. The molecule has 0 aliphatic rings. The number of carbonyl (C=O) groups is 1. The number of nitriles is 1. The molecule has 0 amide bonds. The third kappa shape index (κ3) is 2.27. The van der Waals surface area contributed by atoms with Gasteiger partial charge in [0.2, 0.25) is 0 Å². The van der Waals surface area contributed by atoms with Crippen molar-refractivity contribution >= 4 is 11.6 Å². The Labute approximate surface area is 136 Å². The molecule has 3 aromatic heterocycles. The Kier molecular flexibility index (Phi) is 3.69. The SMILES string of the molecule is COC(=O)c1cc(-c2nc3c(C#N)c[nH]n3c(=O)c2C(C)C)c[nH]1. The molecule has 0 spiro atoms. The zero-order valence-corrected chi connectivity index (χ0v) is 13.4. The molecule has 0 saturated heterocycles. The topological polar surface area (TPSA) is 116 Å². The Bertz CT molecular complexity index is 1030. The van der Waals surface area contributed by atoms with Gasteiger partial charge in [-0.05, 0) is 12.0 Å². The van der Waals surface area contributed by atoms with Crippen LogP contribution in [0.4, 0.5) is 0 Å². The fraction of sp³-hybridized carbons (Fsp3) is 0.250. The first-order chi connectivity index (χ1) is 11.5. The van der Waals surface area contributed by atoms with E-state index in [1.807, 2.05) is 19.9 Å². The predicted octanol–water partition coefficient (Wildman–Crippen LogP) is 1.80. The van der Waals surface area contributed by atoms with Gasteiger partial charge in [-0.1, -0.05) is 13.8 Å². The quantitative estimate of drug-likeness (QED) is 0.712. The van der Waals surface area contributed by atoms with E-state index in [1.54, 1.807) is 12.3 Å². The standard InChI is InChI=1S/C16H15N5O3/c1-8(2)12-13(9-4-11(18-6-9)16(23)24-3)20-14-10(5-17)7-19-21(14)15(12)22/h4,6-8,18-19H,1-3H3. The van der Waals surface area contributed by atoms with Crippen LogP contribution in [0.3, 0.4) is 0 Å². The normalized spacial score (nSPS) is 11.0. The van der Waals surface area contributed by atoms with Gasteiger partial charge < -0.3 is 9.72 Å². The van der Waals surface area contributed by atoms with Crippen LogP contribution in [-0.2, 0) is 4.74 Å². The lowest BCUT2D eigenvalue weighted by atomic mass is 9.99. The van der Waals surface area contributed by atoms with Crippen molar-refractivity contribution in [3.8, 4) is 17.3 Å². The summed E-state index contributed by atoms with van der Waals surface area (Å²) in [5.41, 5.74) is 2.04. The van der Waals surface area contributed by atoms with Gasteiger partial charge in [0.1, 0.15) is 17.3 Å². The molecule has 8 heteroatoms. The minimum Gasteiger partial charge on any atom is -0.464 e. The Hall–Kier alpha value is -3.34. The van der Waals surface area contributed by atoms with Crippen molar-refractivity contribution in [1.29, 1.82) is 5.26 Å². The zero-order valence-electron chi connectivity index (χ0n) is 13.4. The maximum Gasteiger partial charge on any atom is 0.354 e. The van der Waals surface area contributed by atoms with E-state index in [2.05, 4.69) is 19.8 Å². The summed E-state index contributed by atoms with van der Waals surface area (Å²) >= 11 is 0. The number of methoxy groups -OCH3 is 1. The van der Waals surface area contributed by atoms with Crippen LogP contribution < -0.4 is 5.56 Å². The van der Waals surface area contributed by atoms with Gasteiger partial charge in [0.25, 0.3) is 5.56 Å². The number of aromatic amines is 2. The summed E-state index contributed by atoms with van der Waals surface area (Å²) in [5, 5.41) is 11.9. The fourth-order valence-corrected chi connectivity index (χ4v) is 2.61. The van der Waals surface area contributed by atoms with E-state index in [9.17, 15) is 14.9 Å². The highest BCUT2D eigenvalue weighted by molar-refractivity contribution is 5.89. The average molecular weight is 325 g/mol. The number of esters is 1. The van der Waals surface area contributed by atoms with E-state index in [0.717, 1.165) is 0 Å². The molecular formula is C16H15N5O3. The molecule has 3 rings (SSSR count). The summed E-state index contributed by atoms with van der Waals surface area (Å²) < 4.78 is 5.93. The minimum atomic E-state index is -0.510. The molecule has 122 valence electrons. The summed E-state index contributed by atoms with van der Waals surface area (Å²) in [4.78, 5) is 31.7. The Morgan fingerprint density at radius 3 is 2.79 bits per heavy atom. The van der Waals surface area contributed by atoms with Crippen molar-refractivity contribution in [3.63, 3.8) is 0 Å². The molecule has 3 aromatic rings. The summed E-state index contributed by atoms with van der Waals surface area (Å²) in [6.45, 7) is 3.77. The highest BCUT2D eigenvalue weighted by Gasteiger charge is 2.21. The second-order valence-corrected chi connectivity index (χ2v) is 5.59. The summed E-state index contributed by atoms with van der Waals surface area (Å²) in [6, 6.07) is 3.58. The minimum absolute atomic E-state index is 0.0952.